The third-order valence-electron chi connectivity index (χ3n) is 11.5. The van der Waals surface area contributed by atoms with Crippen LogP contribution in [0.4, 0.5) is 0 Å². The van der Waals surface area contributed by atoms with Crippen molar-refractivity contribution in [2.45, 2.75) is 64.7 Å². The largest absolute Gasteiger partial charge is 0.496 e. The van der Waals surface area contributed by atoms with Gasteiger partial charge in [-0.1, -0.05) is 48.9 Å². The minimum Gasteiger partial charge on any atom is -0.496 e. The fraction of sp³-hybridized carbons (Fsp3) is 0.462. The summed E-state index contributed by atoms with van der Waals surface area (Å²) in [4.78, 5) is 38.4. The molecule has 1 amide bonds. The molecule has 0 spiro atoms. The number of methoxy groups -OCH3 is 2. The lowest BCUT2D eigenvalue weighted by molar-refractivity contribution is -0.163. The minimum atomic E-state index is -1.17. The van der Waals surface area contributed by atoms with Gasteiger partial charge in [0.2, 0.25) is 5.91 Å². The maximum absolute atomic E-state index is 12.8. The van der Waals surface area contributed by atoms with Crippen molar-refractivity contribution in [2.24, 2.45) is 35.5 Å². The quantitative estimate of drug-likeness (QED) is 0.124. The van der Waals surface area contributed by atoms with Gasteiger partial charge >= 0.3 is 11.9 Å². The topological polar surface area (TPSA) is 123 Å². The van der Waals surface area contributed by atoms with Crippen molar-refractivity contribution in [3.05, 3.63) is 81.0 Å². The molecule has 2 aliphatic heterocycles. The standard InChI is InChI=1S/C39H42ClNO8/c1-19-30(35(39(45)46)41-34(19)31(20(2)42)38(41)44)24-7-5-21(6-8-24)18-49-36-25(10-12-29(43)47-3)9-11-28(33(36)40)37(48-4)32-26-14-22-13-23(16-26)17-27(32)15-22/h5-12,19-20,22-23,26-27,31,34,42H,13-18H2,1-4H3,(H,45,46)/b12-10+,37-32?/t19-,20+,22?,23?,26?,27?,31+,34+/m0/s1. The summed E-state index contributed by atoms with van der Waals surface area (Å²) in [5.41, 5.74) is 4.79. The number of amides is 1. The number of β-lactam (4-membered cyclic amide) rings is 1. The van der Waals surface area contributed by atoms with Crippen LogP contribution in [0, 0.1) is 35.5 Å². The van der Waals surface area contributed by atoms with E-state index in [-0.39, 0.29) is 24.1 Å². The van der Waals surface area contributed by atoms with Crippen LogP contribution in [0.2, 0.25) is 5.02 Å². The first-order valence-corrected chi connectivity index (χ1v) is 17.5. The number of carboxylic acids is 1. The third-order valence-corrected chi connectivity index (χ3v) is 11.9. The first-order valence-electron chi connectivity index (χ1n) is 17.1. The number of hydrogen-bond donors (Lipinski definition) is 2. The first kappa shape index (κ1) is 33.4. The van der Waals surface area contributed by atoms with Gasteiger partial charge in [0.15, 0.2) is 0 Å². The molecule has 0 aromatic heterocycles. The normalized spacial score (nSPS) is 28.9. The van der Waals surface area contributed by atoms with E-state index in [1.54, 1.807) is 20.1 Å². The molecule has 4 saturated carbocycles. The lowest BCUT2D eigenvalue weighted by Gasteiger charge is -2.51. The molecule has 0 unspecified atom stereocenters. The van der Waals surface area contributed by atoms with Crippen LogP contribution in [-0.4, -0.2) is 59.3 Å². The Labute approximate surface area is 291 Å². The van der Waals surface area contributed by atoms with Gasteiger partial charge in [-0.2, -0.15) is 0 Å². The van der Waals surface area contributed by atoms with Crippen LogP contribution in [0.15, 0.2) is 53.7 Å². The molecule has 4 atom stereocenters. The Bertz CT molecular complexity index is 1760. The summed E-state index contributed by atoms with van der Waals surface area (Å²) in [5.74, 6) is 0.916. The number of carbonyl (C=O) groups is 3. The van der Waals surface area contributed by atoms with Gasteiger partial charge < -0.3 is 29.3 Å². The number of esters is 1. The van der Waals surface area contributed by atoms with E-state index in [1.165, 1.54) is 55.8 Å². The average molecular weight is 688 g/mol. The minimum absolute atomic E-state index is 0.0313. The Morgan fingerprint density at radius 2 is 1.65 bits per heavy atom. The first-order chi connectivity index (χ1) is 23.5. The van der Waals surface area contributed by atoms with Crippen molar-refractivity contribution in [1.82, 2.24) is 4.90 Å². The van der Waals surface area contributed by atoms with Crippen molar-refractivity contribution >= 4 is 46.9 Å². The summed E-state index contributed by atoms with van der Waals surface area (Å²) in [6.07, 6.45) is 8.23. The summed E-state index contributed by atoms with van der Waals surface area (Å²) in [6, 6.07) is 10.8. The number of benzene rings is 2. The molecule has 0 radical (unpaired) electrons. The fourth-order valence-corrected chi connectivity index (χ4v) is 9.90. The molecule has 5 fully saturated rings. The molecule has 10 heteroatoms. The predicted molar refractivity (Wildman–Crippen MR) is 184 cm³/mol. The number of hydrogen-bond acceptors (Lipinski definition) is 7. The van der Waals surface area contributed by atoms with E-state index in [9.17, 15) is 24.6 Å². The molecule has 4 aliphatic carbocycles. The monoisotopic (exact) mass is 687 g/mol. The highest BCUT2D eigenvalue weighted by Crippen LogP contribution is 2.58. The van der Waals surface area contributed by atoms with Crippen LogP contribution >= 0.6 is 11.6 Å². The van der Waals surface area contributed by atoms with Gasteiger partial charge in [-0.25, -0.2) is 9.59 Å². The molecule has 258 valence electrons. The Morgan fingerprint density at radius 3 is 2.22 bits per heavy atom. The van der Waals surface area contributed by atoms with Crippen molar-refractivity contribution in [3.63, 3.8) is 0 Å². The van der Waals surface area contributed by atoms with Crippen molar-refractivity contribution in [3.8, 4) is 5.75 Å². The van der Waals surface area contributed by atoms with Gasteiger partial charge in [-0.3, -0.25) is 4.79 Å². The van der Waals surface area contributed by atoms with Crippen molar-refractivity contribution in [1.29, 1.82) is 0 Å². The zero-order valence-corrected chi connectivity index (χ0v) is 28.9. The van der Waals surface area contributed by atoms with Crippen LogP contribution < -0.4 is 4.74 Å². The van der Waals surface area contributed by atoms with Crippen LogP contribution in [0.25, 0.3) is 17.4 Å². The highest BCUT2D eigenvalue weighted by Gasteiger charge is 2.60. The second-order valence-electron chi connectivity index (χ2n) is 14.3. The van der Waals surface area contributed by atoms with Gasteiger partial charge in [0.05, 0.1) is 37.3 Å². The number of aliphatic hydroxyl groups excluding tert-OH is 1. The molecule has 2 aromatic rings. The highest BCUT2D eigenvalue weighted by molar-refractivity contribution is 6.34. The SMILES string of the molecule is COC(=O)/C=C/c1ccc(C(OC)=C2C3CC4CC(C3)CC2C4)c(Cl)c1OCc1ccc(C2=C(C(=O)O)N3C(=O)[C@H]([C@@H](C)O)[C@H]3[C@H]2C)cc1. The van der Waals surface area contributed by atoms with Gasteiger partial charge in [-0.05, 0) is 97.1 Å². The number of carbonyl (C=O) groups excluding carboxylic acids is 2. The number of aliphatic carboxylic acids is 1. The van der Waals surface area contributed by atoms with E-state index in [1.807, 2.05) is 43.3 Å². The number of halogens is 1. The van der Waals surface area contributed by atoms with Crippen LogP contribution in [-0.2, 0) is 30.5 Å². The van der Waals surface area contributed by atoms with Gasteiger partial charge in [0, 0.05) is 23.1 Å². The molecule has 4 bridgehead atoms. The summed E-state index contributed by atoms with van der Waals surface area (Å²) < 4.78 is 17.3. The summed E-state index contributed by atoms with van der Waals surface area (Å²) in [5, 5.41) is 20.7. The Kier molecular flexibility index (Phi) is 8.86. The Balaban J connectivity index is 1.18. The lowest BCUT2D eigenvalue weighted by Crippen LogP contribution is -2.63. The van der Waals surface area contributed by atoms with Crippen LogP contribution in [0.1, 0.15) is 68.2 Å². The summed E-state index contributed by atoms with van der Waals surface area (Å²) in [6.45, 7) is 3.61. The number of rotatable bonds is 10. The smallest absolute Gasteiger partial charge is 0.352 e. The zero-order valence-electron chi connectivity index (χ0n) is 28.1. The lowest BCUT2D eigenvalue weighted by atomic mass is 9.54. The zero-order chi connectivity index (χ0) is 34.7. The van der Waals surface area contributed by atoms with Gasteiger partial charge in [0.1, 0.15) is 23.8 Å². The van der Waals surface area contributed by atoms with E-state index in [2.05, 4.69) is 0 Å². The Morgan fingerprint density at radius 1 is 1.00 bits per heavy atom. The average Bonchev–Trinajstić information content (AvgIpc) is 3.33. The molecule has 8 rings (SSSR count). The van der Waals surface area contributed by atoms with E-state index in [0.29, 0.717) is 39.3 Å². The molecule has 2 aromatic carbocycles. The second kappa shape index (κ2) is 13.0. The number of aliphatic hydroxyl groups is 1. The fourth-order valence-electron chi connectivity index (χ4n) is 9.58. The predicted octanol–water partition coefficient (Wildman–Crippen LogP) is 6.57. The van der Waals surface area contributed by atoms with Crippen LogP contribution in [0.3, 0.4) is 0 Å². The maximum Gasteiger partial charge on any atom is 0.352 e. The summed E-state index contributed by atoms with van der Waals surface area (Å²) >= 11 is 7.17. The van der Waals surface area contributed by atoms with Crippen molar-refractivity contribution in [2.75, 3.05) is 14.2 Å². The summed E-state index contributed by atoms with van der Waals surface area (Å²) in [7, 11) is 3.02. The molecule has 2 N–H and O–H groups in total. The van der Waals surface area contributed by atoms with E-state index < -0.39 is 30.0 Å². The molecule has 1 saturated heterocycles. The molecule has 49 heavy (non-hydrogen) atoms. The van der Waals surface area contributed by atoms with E-state index >= 15 is 0 Å². The van der Waals surface area contributed by atoms with Gasteiger partial charge in [0.25, 0.3) is 0 Å². The number of fused-ring (bicyclic) bond motifs is 1. The highest BCUT2D eigenvalue weighted by atomic mass is 35.5. The number of carboxylic acid groups (broad SMARTS) is 1. The number of nitrogens with zero attached hydrogens (tertiary/aromatic N) is 1. The second-order valence-corrected chi connectivity index (χ2v) is 14.7. The van der Waals surface area contributed by atoms with Crippen molar-refractivity contribution < 1.29 is 38.8 Å². The molecule has 2 heterocycles. The maximum atomic E-state index is 12.8. The number of allylic oxidation sites excluding steroid dienone is 1. The van der Waals surface area contributed by atoms with Crippen LogP contribution in [0.5, 0.6) is 5.75 Å². The molecule has 6 aliphatic rings. The van der Waals surface area contributed by atoms with E-state index in [0.717, 1.165) is 28.7 Å². The third kappa shape index (κ3) is 5.65. The molecular formula is C39H42ClNO8. The molecule has 9 nitrogen and oxygen atoms in total. The van der Waals surface area contributed by atoms with E-state index in [4.69, 9.17) is 25.8 Å². The van der Waals surface area contributed by atoms with Gasteiger partial charge in [-0.15, -0.1) is 0 Å². The Hall–Kier alpha value is -4.08. The number of ether oxygens (including phenoxy) is 3. The molecular weight excluding hydrogens is 646 g/mol.